The molecule has 1 aromatic rings. The van der Waals surface area contributed by atoms with Gasteiger partial charge in [0, 0.05) is 5.56 Å². The third kappa shape index (κ3) is 3.23. The van der Waals surface area contributed by atoms with Gasteiger partial charge < -0.3 is 15.5 Å². The molecular formula is C13H17NO4. The van der Waals surface area contributed by atoms with Crippen LogP contribution in [0.1, 0.15) is 25.8 Å². The minimum Gasteiger partial charge on any atom is -0.508 e. The summed E-state index contributed by atoms with van der Waals surface area (Å²) in [4.78, 5) is 22.8. The second-order valence-electron chi connectivity index (χ2n) is 4.34. The lowest BCUT2D eigenvalue weighted by Crippen LogP contribution is -2.52. The van der Waals surface area contributed by atoms with Crippen LogP contribution in [0.15, 0.2) is 24.3 Å². The maximum atomic E-state index is 11.8. The zero-order valence-corrected chi connectivity index (χ0v) is 10.4. The van der Waals surface area contributed by atoms with Crippen molar-refractivity contribution < 1.29 is 19.8 Å². The van der Waals surface area contributed by atoms with E-state index in [-0.39, 0.29) is 18.6 Å². The van der Waals surface area contributed by atoms with E-state index in [0.29, 0.717) is 5.56 Å². The Morgan fingerprint density at radius 3 is 2.44 bits per heavy atom. The number of aromatic hydroxyl groups is 1. The summed E-state index contributed by atoms with van der Waals surface area (Å²) in [5.74, 6) is -1.47. The van der Waals surface area contributed by atoms with Gasteiger partial charge in [0.15, 0.2) is 0 Å². The Balaban J connectivity index is 2.73. The highest BCUT2D eigenvalue weighted by molar-refractivity contribution is 5.87. The molecule has 1 amide bonds. The predicted octanol–water partition coefficient (Wildman–Crippen LogP) is 1.30. The van der Waals surface area contributed by atoms with Crippen LogP contribution in [-0.4, -0.2) is 27.6 Å². The van der Waals surface area contributed by atoms with Crippen LogP contribution in [0, 0.1) is 0 Å². The molecule has 1 atom stereocenters. The van der Waals surface area contributed by atoms with E-state index in [1.165, 1.54) is 13.0 Å². The monoisotopic (exact) mass is 251 g/mol. The first kappa shape index (κ1) is 14.0. The van der Waals surface area contributed by atoms with Crippen molar-refractivity contribution in [2.45, 2.75) is 32.2 Å². The predicted molar refractivity (Wildman–Crippen MR) is 66.3 cm³/mol. The lowest BCUT2D eigenvalue weighted by Gasteiger charge is -2.24. The summed E-state index contributed by atoms with van der Waals surface area (Å²) in [6.45, 7) is 3.15. The number of rotatable bonds is 5. The Morgan fingerprint density at radius 2 is 1.94 bits per heavy atom. The number of carboxylic acids is 1. The van der Waals surface area contributed by atoms with Crippen molar-refractivity contribution in [3.8, 4) is 5.75 Å². The Bertz CT molecular complexity index is 458. The Labute approximate surface area is 105 Å². The fourth-order valence-corrected chi connectivity index (χ4v) is 1.48. The summed E-state index contributed by atoms with van der Waals surface area (Å²) in [7, 11) is 0. The normalized spacial score (nSPS) is 13.7. The third-order valence-corrected chi connectivity index (χ3v) is 2.94. The van der Waals surface area contributed by atoms with E-state index < -0.39 is 17.4 Å². The molecule has 0 aliphatic heterocycles. The molecule has 5 heteroatoms. The number of carbonyl (C=O) groups is 2. The van der Waals surface area contributed by atoms with E-state index in [2.05, 4.69) is 5.32 Å². The van der Waals surface area contributed by atoms with Gasteiger partial charge in [-0.05, 0) is 19.4 Å². The summed E-state index contributed by atoms with van der Waals surface area (Å²) in [6, 6.07) is 6.47. The van der Waals surface area contributed by atoms with Gasteiger partial charge in [0.2, 0.25) is 5.91 Å². The zero-order valence-electron chi connectivity index (χ0n) is 10.4. The summed E-state index contributed by atoms with van der Waals surface area (Å²) in [5.41, 5.74) is -0.805. The molecule has 1 rings (SSSR count). The van der Waals surface area contributed by atoms with E-state index in [1.54, 1.807) is 25.1 Å². The summed E-state index contributed by atoms with van der Waals surface area (Å²) < 4.78 is 0. The van der Waals surface area contributed by atoms with Crippen LogP contribution in [0.5, 0.6) is 5.75 Å². The number of hydrogen-bond donors (Lipinski definition) is 3. The minimum atomic E-state index is -1.28. The van der Waals surface area contributed by atoms with Crippen molar-refractivity contribution in [3.63, 3.8) is 0 Å². The molecule has 0 aliphatic carbocycles. The van der Waals surface area contributed by atoms with Crippen molar-refractivity contribution in [1.29, 1.82) is 0 Å². The first-order chi connectivity index (χ1) is 8.39. The largest absolute Gasteiger partial charge is 0.508 e. The zero-order chi connectivity index (χ0) is 13.8. The number of aliphatic carboxylic acids is 1. The Kier molecular flexibility index (Phi) is 4.31. The molecule has 3 N–H and O–H groups in total. The minimum absolute atomic E-state index is 0.0289. The number of phenols is 1. The maximum absolute atomic E-state index is 11.8. The van der Waals surface area contributed by atoms with Crippen LogP contribution in [-0.2, 0) is 16.0 Å². The van der Waals surface area contributed by atoms with Gasteiger partial charge in [-0.15, -0.1) is 0 Å². The van der Waals surface area contributed by atoms with E-state index >= 15 is 0 Å². The number of amides is 1. The van der Waals surface area contributed by atoms with Gasteiger partial charge in [-0.3, -0.25) is 4.79 Å². The highest BCUT2D eigenvalue weighted by atomic mass is 16.4. The van der Waals surface area contributed by atoms with Gasteiger partial charge in [0.1, 0.15) is 11.3 Å². The number of nitrogens with one attached hydrogen (secondary N) is 1. The van der Waals surface area contributed by atoms with Gasteiger partial charge in [-0.1, -0.05) is 25.1 Å². The molecule has 0 fully saturated rings. The van der Waals surface area contributed by atoms with Crippen molar-refractivity contribution >= 4 is 11.9 Å². The Hall–Kier alpha value is -2.04. The van der Waals surface area contributed by atoms with Crippen LogP contribution in [0.4, 0.5) is 0 Å². The van der Waals surface area contributed by atoms with Crippen LogP contribution in [0.2, 0.25) is 0 Å². The maximum Gasteiger partial charge on any atom is 0.329 e. The fraction of sp³-hybridized carbons (Fsp3) is 0.385. The van der Waals surface area contributed by atoms with Crippen molar-refractivity contribution in [3.05, 3.63) is 29.8 Å². The van der Waals surface area contributed by atoms with Crippen molar-refractivity contribution in [1.82, 2.24) is 5.32 Å². The number of carbonyl (C=O) groups excluding carboxylic acids is 1. The molecule has 98 valence electrons. The average Bonchev–Trinajstić information content (AvgIpc) is 2.31. The third-order valence-electron chi connectivity index (χ3n) is 2.94. The van der Waals surface area contributed by atoms with E-state index in [0.717, 1.165) is 0 Å². The molecule has 0 heterocycles. The fourth-order valence-electron chi connectivity index (χ4n) is 1.48. The molecule has 0 spiro atoms. The van der Waals surface area contributed by atoms with Crippen LogP contribution < -0.4 is 5.32 Å². The first-order valence-electron chi connectivity index (χ1n) is 5.70. The smallest absolute Gasteiger partial charge is 0.329 e. The van der Waals surface area contributed by atoms with Gasteiger partial charge in [0.25, 0.3) is 0 Å². The molecule has 0 aliphatic rings. The topological polar surface area (TPSA) is 86.6 Å². The van der Waals surface area contributed by atoms with Crippen molar-refractivity contribution in [2.24, 2.45) is 0 Å². The van der Waals surface area contributed by atoms with E-state index in [1.807, 2.05) is 0 Å². The summed E-state index contributed by atoms with van der Waals surface area (Å²) in [6.07, 6.45) is 0.240. The molecule has 1 unspecified atom stereocenters. The van der Waals surface area contributed by atoms with Crippen LogP contribution in [0.3, 0.4) is 0 Å². The van der Waals surface area contributed by atoms with Gasteiger partial charge in [-0.2, -0.15) is 0 Å². The lowest BCUT2D eigenvalue weighted by atomic mass is 9.98. The molecular weight excluding hydrogens is 234 g/mol. The van der Waals surface area contributed by atoms with Gasteiger partial charge in [-0.25, -0.2) is 4.79 Å². The molecule has 0 saturated heterocycles. The van der Waals surface area contributed by atoms with E-state index in [9.17, 15) is 14.7 Å². The van der Waals surface area contributed by atoms with Crippen molar-refractivity contribution in [2.75, 3.05) is 0 Å². The number of phenolic OH excluding ortho intramolecular Hbond substituents is 1. The molecule has 0 bridgehead atoms. The second-order valence-corrected chi connectivity index (χ2v) is 4.34. The number of hydrogen-bond acceptors (Lipinski definition) is 3. The van der Waals surface area contributed by atoms with Gasteiger partial charge in [0.05, 0.1) is 6.42 Å². The highest BCUT2D eigenvalue weighted by Gasteiger charge is 2.32. The summed E-state index contributed by atoms with van der Waals surface area (Å²) >= 11 is 0. The quantitative estimate of drug-likeness (QED) is 0.736. The number of para-hydroxylation sites is 1. The van der Waals surface area contributed by atoms with E-state index in [4.69, 9.17) is 5.11 Å². The van der Waals surface area contributed by atoms with Crippen LogP contribution >= 0.6 is 0 Å². The molecule has 5 nitrogen and oxygen atoms in total. The molecule has 0 saturated carbocycles. The standard InChI is InChI=1S/C13H17NO4/c1-3-13(2,12(17)18)14-11(16)8-9-6-4-5-7-10(9)15/h4-7,15H,3,8H2,1-2H3,(H,14,16)(H,17,18). The SMILES string of the molecule is CCC(C)(NC(=O)Cc1ccccc1O)C(=O)O. The van der Waals surface area contributed by atoms with Gasteiger partial charge >= 0.3 is 5.97 Å². The molecule has 0 aromatic heterocycles. The Morgan fingerprint density at radius 1 is 1.33 bits per heavy atom. The molecule has 1 aromatic carbocycles. The highest BCUT2D eigenvalue weighted by Crippen LogP contribution is 2.17. The number of carboxylic acid groups (broad SMARTS) is 1. The van der Waals surface area contributed by atoms with Crippen LogP contribution in [0.25, 0.3) is 0 Å². The molecule has 0 radical (unpaired) electrons. The lowest BCUT2D eigenvalue weighted by molar-refractivity contribution is -0.146. The molecule has 18 heavy (non-hydrogen) atoms. The second kappa shape index (κ2) is 5.53. The summed E-state index contributed by atoms with van der Waals surface area (Å²) in [5, 5.41) is 21.0. The first-order valence-corrected chi connectivity index (χ1v) is 5.70. The average molecular weight is 251 g/mol. The number of benzene rings is 1.